The molecule has 0 atom stereocenters. The second kappa shape index (κ2) is 9.82. The average Bonchev–Trinajstić information content (AvgIpc) is 2.60. The molecule has 23 heavy (non-hydrogen) atoms. The smallest absolute Gasteiger partial charge is 0.220 e. The van der Waals surface area contributed by atoms with Gasteiger partial charge < -0.3 is 10.6 Å². The molecular formula is C19H26N2O2. The molecule has 4 heteroatoms. The molecule has 0 spiro atoms. The monoisotopic (exact) mass is 314 g/mol. The van der Waals surface area contributed by atoms with Crippen LogP contribution in [0.25, 0.3) is 0 Å². The summed E-state index contributed by atoms with van der Waals surface area (Å²) in [7, 11) is 0. The Morgan fingerprint density at radius 3 is 2.39 bits per heavy atom. The zero-order valence-corrected chi connectivity index (χ0v) is 13.6. The third-order valence-corrected chi connectivity index (χ3v) is 4.06. The molecule has 0 saturated heterocycles. The van der Waals surface area contributed by atoms with Crippen LogP contribution < -0.4 is 10.6 Å². The largest absolute Gasteiger partial charge is 0.356 e. The lowest BCUT2D eigenvalue weighted by Gasteiger charge is -2.13. The maximum Gasteiger partial charge on any atom is 0.220 e. The van der Waals surface area contributed by atoms with Crippen molar-refractivity contribution < 1.29 is 9.59 Å². The quantitative estimate of drug-likeness (QED) is 0.724. The van der Waals surface area contributed by atoms with E-state index in [0.29, 0.717) is 13.1 Å². The first-order valence-electron chi connectivity index (χ1n) is 8.49. The molecule has 0 aromatic heterocycles. The molecule has 0 aliphatic heterocycles. The summed E-state index contributed by atoms with van der Waals surface area (Å²) in [5.41, 5.74) is 2.52. The van der Waals surface area contributed by atoms with Gasteiger partial charge in [0.05, 0.1) is 0 Å². The van der Waals surface area contributed by atoms with Crippen LogP contribution in [0.5, 0.6) is 0 Å². The van der Waals surface area contributed by atoms with Crippen molar-refractivity contribution in [2.45, 2.75) is 51.5 Å². The van der Waals surface area contributed by atoms with E-state index in [4.69, 9.17) is 0 Å². The van der Waals surface area contributed by atoms with Crippen molar-refractivity contribution in [3.8, 4) is 0 Å². The number of amides is 2. The molecule has 4 nitrogen and oxygen atoms in total. The standard InChI is InChI=1S/C19H26N2O2/c22-18(20-14-13-16-7-3-1-4-8-16)11-12-19(23)21-15-17-9-5-2-6-10-17/h2,5-7,9-10H,1,3-4,8,11-15H2,(H,20,22)(H,21,23). The fourth-order valence-corrected chi connectivity index (χ4v) is 2.69. The highest BCUT2D eigenvalue weighted by molar-refractivity contribution is 5.83. The molecule has 0 saturated carbocycles. The predicted molar refractivity (Wildman–Crippen MR) is 91.7 cm³/mol. The minimum absolute atomic E-state index is 0.0451. The van der Waals surface area contributed by atoms with Crippen molar-refractivity contribution in [3.63, 3.8) is 0 Å². The van der Waals surface area contributed by atoms with Gasteiger partial charge in [-0.15, -0.1) is 0 Å². The first-order valence-corrected chi connectivity index (χ1v) is 8.49. The van der Waals surface area contributed by atoms with Crippen LogP contribution in [0.2, 0.25) is 0 Å². The molecule has 1 aromatic carbocycles. The fraction of sp³-hybridized carbons (Fsp3) is 0.474. The summed E-state index contributed by atoms with van der Waals surface area (Å²) in [4.78, 5) is 23.5. The molecule has 124 valence electrons. The highest BCUT2D eigenvalue weighted by atomic mass is 16.2. The van der Waals surface area contributed by atoms with Gasteiger partial charge in [-0.05, 0) is 37.7 Å². The topological polar surface area (TPSA) is 58.2 Å². The lowest BCUT2D eigenvalue weighted by Crippen LogP contribution is -2.28. The van der Waals surface area contributed by atoms with Crippen LogP contribution in [-0.2, 0) is 16.1 Å². The SMILES string of the molecule is O=C(CCC(=O)NCc1ccccc1)NCCC1=CCCCC1. The Morgan fingerprint density at radius 2 is 1.70 bits per heavy atom. The molecule has 2 rings (SSSR count). The molecule has 1 aliphatic rings. The Balaban J connectivity index is 1.54. The lowest BCUT2D eigenvalue weighted by molar-refractivity contribution is -0.126. The Labute approximate surface area is 138 Å². The highest BCUT2D eigenvalue weighted by Crippen LogP contribution is 2.19. The van der Waals surface area contributed by atoms with Crippen molar-refractivity contribution in [1.82, 2.24) is 10.6 Å². The molecule has 0 heterocycles. The van der Waals surface area contributed by atoms with Crippen LogP contribution in [0, 0.1) is 0 Å². The zero-order valence-electron chi connectivity index (χ0n) is 13.6. The molecule has 1 aliphatic carbocycles. The van der Waals surface area contributed by atoms with Gasteiger partial charge in [-0.25, -0.2) is 0 Å². The van der Waals surface area contributed by atoms with Crippen LogP contribution in [0.4, 0.5) is 0 Å². The van der Waals surface area contributed by atoms with E-state index in [1.807, 2.05) is 30.3 Å². The van der Waals surface area contributed by atoms with E-state index in [1.54, 1.807) is 0 Å². The first-order chi connectivity index (χ1) is 11.2. The van der Waals surface area contributed by atoms with E-state index >= 15 is 0 Å². The van der Waals surface area contributed by atoms with Gasteiger partial charge in [0.15, 0.2) is 0 Å². The summed E-state index contributed by atoms with van der Waals surface area (Å²) < 4.78 is 0. The normalized spacial score (nSPS) is 14.0. The number of hydrogen-bond donors (Lipinski definition) is 2. The molecule has 1 aromatic rings. The number of rotatable bonds is 8. The summed E-state index contributed by atoms with van der Waals surface area (Å²) in [6, 6.07) is 9.76. The highest BCUT2D eigenvalue weighted by Gasteiger charge is 2.08. The van der Waals surface area contributed by atoms with Crippen molar-refractivity contribution in [2.75, 3.05) is 6.54 Å². The minimum Gasteiger partial charge on any atom is -0.356 e. The number of carbonyl (C=O) groups excluding carboxylic acids is 2. The number of benzene rings is 1. The van der Waals surface area contributed by atoms with Gasteiger partial charge in [-0.1, -0.05) is 42.0 Å². The van der Waals surface area contributed by atoms with Gasteiger partial charge in [0.2, 0.25) is 11.8 Å². The minimum atomic E-state index is -0.0843. The van der Waals surface area contributed by atoms with Crippen LogP contribution in [0.3, 0.4) is 0 Å². The van der Waals surface area contributed by atoms with Crippen LogP contribution in [-0.4, -0.2) is 18.4 Å². The first kappa shape index (κ1) is 17.3. The number of allylic oxidation sites excluding steroid dienone is 1. The van der Waals surface area contributed by atoms with Crippen LogP contribution in [0.15, 0.2) is 42.0 Å². The second-order valence-electron chi connectivity index (χ2n) is 5.97. The van der Waals surface area contributed by atoms with Gasteiger partial charge in [-0.3, -0.25) is 9.59 Å². The molecule has 0 radical (unpaired) electrons. The Hall–Kier alpha value is -2.10. The van der Waals surface area contributed by atoms with Crippen molar-refractivity contribution in [1.29, 1.82) is 0 Å². The summed E-state index contributed by atoms with van der Waals surface area (Å²) in [5.74, 6) is -0.129. The Kier molecular flexibility index (Phi) is 7.37. The predicted octanol–water partition coefficient (Wildman–Crippen LogP) is 3.09. The van der Waals surface area contributed by atoms with Gasteiger partial charge in [0, 0.05) is 25.9 Å². The molecule has 2 amide bonds. The molecular weight excluding hydrogens is 288 g/mol. The molecule has 2 N–H and O–H groups in total. The van der Waals surface area contributed by atoms with Crippen LogP contribution in [0.1, 0.15) is 50.5 Å². The Bertz CT molecular complexity index is 538. The zero-order chi connectivity index (χ0) is 16.3. The second-order valence-corrected chi connectivity index (χ2v) is 5.97. The van der Waals surface area contributed by atoms with E-state index in [9.17, 15) is 9.59 Å². The lowest BCUT2D eigenvalue weighted by atomic mass is 9.97. The van der Waals surface area contributed by atoms with Gasteiger partial charge >= 0.3 is 0 Å². The summed E-state index contributed by atoms with van der Waals surface area (Å²) in [6.45, 7) is 1.19. The summed E-state index contributed by atoms with van der Waals surface area (Å²) in [5, 5.41) is 5.73. The maximum absolute atomic E-state index is 11.8. The van der Waals surface area contributed by atoms with E-state index in [0.717, 1.165) is 18.4 Å². The number of nitrogens with one attached hydrogen (secondary N) is 2. The Morgan fingerprint density at radius 1 is 0.957 bits per heavy atom. The van der Waals surface area contributed by atoms with Gasteiger partial charge in [0.25, 0.3) is 0 Å². The number of hydrogen-bond acceptors (Lipinski definition) is 2. The molecule has 0 bridgehead atoms. The summed E-state index contributed by atoms with van der Waals surface area (Å²) in [6.07, 6.45) is 8.61. The molecule has 0 unspecified atom stereocenters. The van der Waals surface area contributed by atoms with Crippen molar-refractivity contribution >= 4 is 11.8 Å². The van der Waals surface area contributed by atoms with Gasteiger partial charge in [0.1, 0.15) is 0 Å². The third-order valence-electron chi connectivity index (χ3n) is 4.06. The fourth-order valence-electron chi connectivity index (χ4n) is 2.69. The van der Waals surface area contributed by atoms with E-state index in [-0.39, 0.29) is 24.7 Å². The van der Waals surface area contributed by atoms with Crippen molar-refractivity contribution in [2.24, 2.45) is 0 Å². The van der Waals surface area contributed by atoms with E-state index in [2.05, 4.69) is 16.7 Å². The van der Waals surface area contributed by atoms with Crippen LogP contribution >= 0.6 is 0 Å². The van der Waals surface area contributed by atoms with E-state index < -0.39 is 0 Å². The van der Waals surface area contributed by atoms with E-state index in [1.165, 1.54) is 24.8 Å². The summed E-state index contributed by atoms with van der Waals surface area (Å²) >= 11 is 0. The maximum atomic E-state index is 11.8. The van der Waals surface area contributed by atoms with Crippen molar-refractivity contribution in [3.05, 3.63) is 47.5 Å². The average molecular weight is 314 g/mol. The number of carbonyl (C=O) groups is 2. The third kappa shape index (κ3) is 7.13. The molecule has 0 fully saturated rings. The van der Waals surface area contributed by atoms with Gasteiger partial charge in [-0.2, -0.15) is 0 Å².